The molecule has 1 aromatic rings. The molecule has 0 bridgehead atoms. The van der Waals surface area contributed by atoms with E-state index in [2.05, 4.69) is 0 Å². The summed E-state index contributed by atoms with van der Waals surface area (Å²) in [5.74, 6) is 0.803. The van der Waals surface area contributed by atoms with Crippen molar-refractivity contribution in [2.24, 2.45) is 0 Å². The lowest BCUT2D eigenvalue weighted by atomic mass is 10.3. The van der Waals surface area contributed by atoms with E-state index >= 15 is 0 Å². The van der Waals surface area contributed by atoms with Crippen LogP contribution in [0.2, 0.25) is 0 Å². The van der Waals surface area contributed by atoms with Crippen LogP contribution in [-0.4, -0.2) is 0 Å². The van der Waals surface area contributed by atoms with Crippen LogP contribution in [0.4, 0.5) is 5.69 Å². The summed E-state index contributed by atoms with van der Waals surface area (Å²) in [6.45, 7) is 1.90. The lowest BCUT2D eigenvalue weighted by Gasteiger charge is -1.98. The number of ether oxygens (including phenoxy) is 1. The number of benzene rings is 1. The fourth-order valence-corrected chi connectivity index (χ4v) is 0.693. The third-order valence-electron chi connectivity index (χ3n) is 1.22. The minimum Gasteiger partial charge on any atom is -0.465 e. The molecule has 1 aromatic carbocycles. The van der Waals surface area contributed by atoms with Gasteiger partial charge >= 0.3 is 0 Å². The molecule has 0 unspecified atom stereocenters. The molecule has 58 valence electrons. The molecule has 1 rings (SSSR count). The van der Waals surface area contributed by atoms with Crippen LogP contribution in [0.3, 0.4) is 0 Å². The minimum absolute atomic E-state index is 0.748. The van der Waals surface area contributed by atoms with E-state index in [0.29, 0.717) is 0 Å². The van der Waals surface area contributed by atoms with Crippen molar-refractivity contribution in [1.29, 1.82) is 0 Å². The lowest BCUT2D eigenvalue weighted by molar-refractivity contribution is 0.480. The van der Waals surface area contributed by atoms with Crippen LogP contribution in [0, 0.1) is 0 Å². The summed E-state index contributed by atoms with van der Waals surface area (Å²) in [6, 6.07) is 7.27. The molecular formula is C9H11NO. The molecule has 0 aliphatic heterocycles. The SMILES string of the molecule is CC=COc1ccc(N)cc1. The Morgan fingerprint density at radius 3 is 2.45 bits per heavy atom. The van der Waals surface area contributed by atoms with Crippen molar-refractivity contribution >= 4 is 5.69 Å². The molecule has 0 aliphatic rings. The molecule has 0 fully saturated rings. The van der Waals surface area contributed by atoms with E-state index < -0.39 is 0 Å². The maximum Gasteiger partial charge on any atom is 0.126 e. The Morgan fingerprint density at radius 2 is 1.91 bits per heavy atom. The third kappa shape index (κ3) is 2.34. The van der Waals surface area contributed by atoms with E-state index in [4.69, 9.17) is 10.5 Å². The van der Waals surface area contributed by atoms with Crippen LogP contribution < -0.4 is 10.5 Å². The van der Waals surface area contributed by atoms with Crippen LogP contribution in [0.25, 0.3) is 0 Å². The summed E-state index contributed by atoms with van der Waals surface area (Å²) in [5.41, 5.74) is 6.23. The van der Waals surface area contributed by atoms with Gasteiger partial charge in [-0.15, -0.1) is 0 Å². The van der Waals surface area contributed by atoms with Gasteiger partial charge in [-0.1, -0.05) is 6.08 Å². The van der Waals surface area contributed by atoms with Gasteiger partial charge in [0, 0.05) is 5.69 Å². The average molecular weight is 149 g/mol. The standard InChI is InChI=1S/C9H11NO/c1-2-7-11-9-5-3-8(10)4-6-9/h2-7H,10H2,1H3. The van der Waals surface area contributed by atoms with E-state index in [1.54, 1.807) is 18.4 Å². The monoisotopic (exact) mass is 149 g/mol. The van der Waals surface area contributed by atoms with Gasteiger partial charge in [-0.25, -0.2) is 0 Å². The molecule has 2 N–H and O–H groups in total. The second-order valence-electron chi connectivity index (χ2n) is 2.16. The number of allylic oxidation sites excluding steroid dienone is 1. The average Bonchev–Trinajstić information content (AvgIpc) is 2.04. The molecule has 2 heteroatoms. The van der Waals surface area contributed by atoms with E-state index in [1.165, 1.54) is 0 Å². The predicted molar refractivity (Wildman–Crippen MR) is 46.3 cm³/mol. The van der Waals surface area contributed by atoms with E-state index in [1.807, 2.05) is 25.1 Å². The zero-order valence-electron chi connectivity index (χ0n) is 6.45. The van der Waals surface area contributed by atoms with Crippen molar-refractivity contribution in [2.75, 3.05) is 5.73 Å². The minimum atomic E-state index is 0.748. The van der Waals surface area contributed by atoms with Crippen LogP contribution in [0.15, 0.2) is 36.6 Å². The molecule has 0 spiro atoms. The maximum absolute atomic E-state index is 5.48. The summed E-state index contributed by atoms with van der Waals surface area (Å²) >= 11 is 0. The Labute approximate surface area is 66.3 Å². The second kappa shape index (κ2) is 3.66. The summed E-state index contributed by atoms with van der Waals surface area (Å²) in [7, 11) is 0. The fourth-order valence-electron chi connectivity index (χ4n) is 0.693. The van der Waals surface area contributed by atoms with Gasteiger partial charge < -0.3 is 10.5 Å². The highest BCUT2D eigenvalue weighted by atomic mass is 16.5. The lowest BCUT2D eigenvalue weighted by Crippen LogP contribution is -1.84. The van der Waals surface area contributed by atoms with E-state index in [0.717, 1.165) is 11.4 Å². The Balaban J connectivity index is 2.66. The Morgan fingerprint density at radius 1 is 1.27 bits per heavy atom. The van der Waals surface area contributed by atoms with Crippen molar-refractivity contribution < 1.29 is 4.74 Å². The molecule has 2 nitrogen and oxygen atoms in total. The van der Waals surface area contributed by atoms with Crippen LogP contribution in [0.5, 0.6) is 5.75 Å². The zero-order chi connectivity index (χ0) is 8.10. The number of rotatable bonds is 2. The Kier molecular flexibility index (Phi) is 2.55. The first-order valence-electron chi connectivity index (χ1n) is 3.46. The molecule has 0 radical (unpaired) electrons. The van der Waals surface area contributed by atoms with Gasteiger partial charge in [0.2, 0.25) is 0 Å². The first kappa shape index (κ1) is 7.66. The number of hydrogen-bond acceptors (Lipinski definition) is 2. The summed E-state index contributed by atoms with van der Waals surface area (Å²) in [6.07, 6.45) is 3.46. The molecule has 0 aromatic heterocycles. The van der Waals surface area contributed by atoms with Gasteiger partial charge in [-0.05, 0) is 31.2 Å². The van der Waals surface area contributed by atoms with Crippen LogP contribution in [-0.2, 0) is 0 Å². The maximum atomic E-state index is 5.48. The van der Waals surface area contributed by atoms with Crippen molar-refractivity contribution in [2.45, 2.75) is 6.92 Å². The predicted octanol–water partition coefficient (Wildman–Crippen LogP) is 2.18. The second-order valence-corrected chi connectivity index (χ2v) is 2.16. The molecular weight excluding hydrogens is 138 g/mol. The first-order chi connectivity index (χ1) is 5.33. The van der Waals surface area contributed by atoms with Gasteiger partial charge in [0.05, 0.1) is 6.26 Å². The van der Waals surface area contributed by atoms with Crippen molar-refractivity contribution in [3.63, 3.8) is 0 Å². The van der Waals surface area contributed by atoms with Gasteiger partial charge in [0.15, 0.2) is 0 Å². The summed E-state index contributed by atoms with van der Waals surface area (Å²) < 4.78 is 5.17. The molecule has 0 saturated heterocycles. The number of hydrogen-bond donors (Lipinski definition) is 1. The van der Waals surface area contributed by atoms with Crippen LogP contribution in [0.1, 0.15) is 6.92 Å². The number of nitrogen functional groups attached to an aromatic ring is 1. The van der Waals surface area contributed by atoms with Crippen LogP contribution >= 0.6 is 0 Å². The van der Waals surface area contributed by atoms with E-state index in [9.17, 15) is 0 Å². The topological polar surface area (TPSA) is 35.2 Å². The highest BCUT2D eigenvalue weighted by molar-refractivity contribution is 5.41. The fraction of sp³-hybridized carbons (Fsp3) is 0.111. The molecule has 0 heterocycles. The van der Waals surface area contributed by atoms with Crippen molar-refractivity contribution in [3.05, 3.63) is 36.6 Å². The molecule has 0 aliphatic carbocycles. The molecule has 0 saturated carbocycles. The third-order valence-corrected chi connectivity index (χ3v) is 1.22. The quantitative estimate of drug-likeness (QED) is 0.516. The number of anilines is 1. The van der Waals surface area contributed by atoms with Crippen molar-refractivity contribution in [1.82, 2.24) is 0 Å². The van der Waals surface area contributed by atoms with Gasteiger partial charge in [0.25, 0.3) is 0 Å². The van der Waals surface area contributed by atoms with Gasteiger partial charge in [0.1, 0.15) is 5.75 Å². The van der Waals surface area contributed by atoms with Gasteiger partial charge in [-0.2, -0.15) is 0 Å². The smallest absolute Gasteiger partial charge is 0.126 e. The zero-order valence-corrected chi connectivity index (χ0v) is 6.45. The Hall–Kier alpha value is -1.44. The van der Waals surface area contributed by atoms with E-state index in [-0.39, 0.29) is 0 Å². The highest BCUT2D eigenvalue weighted by Crippen LogP contribution is 2.12. The highest BCUT2D eigenvalue weighted by Gasteiger charge is 1.87. The largest absolute Gasteiger partial charge is 0.465 e. The summed E-state index contributed by atoms with van der Waals surface area (Å²) in [5, 5.41) is 0. The molecule has 11 heavy (non-hydrogen) atoms. The normalized spacial score (nSPS) is 10.3. The van der Waals surface area contributed by atoms with Crippen molar-refractivity contribution in [3.8, 4) is 5.75 Å². The number of nitrogens with two attached hydrogens (primary N) is 1. The molecule has 0 atom stereocenters. The summed E-state index contributed by atoms with van der Waals surface area (Å²) in [4.78, 5) is 0. The molecule has 0 amide bonds. The first-order valence-corrected chi connectivity index (χ1v) is 3.46. The van der Waals surface area contributed by atoms with Gasteiger partial charge in [-0.3, -0.25) is 0 Å². The Bertz CT molecular complexity index is 238.